The number of fused-ring (bicyclic) bond motifs is 1. The van der Waals surface area contributed by atoms with Crippen molar-refractivity contribution in [1.29, 1.82) is 0 Å². The molecule has 0 saturated heterocycles. The molecule has 0 saturated carbocycles. The molecule has 3 amide bonds. The van der Waals surface area contributed by atoms with Crippen LogP contribution in [0.3, 0.4) is 0 Å². The molecule has 1 aliphatic heterocycles. The van der Waals surface area contributed by atoms with Crippen molar-refractivity contribution in [2.24, 2.45) is 0 Å². The van der Waals surface area contributed by atoms with Crippen LogP contribution in [0, 0.1) is 0 Å². The van der Waals surface area contributed by atoms with Crippen LogP contribution in [0.25, 0.3) is 0 Å². The summed E-state index contributed by atoms with van der Waals surface area (Å²) in [6.45, 7) is 0.806. The fourth-order valence-corrected chi connectivity index (χ4v) is 3.68. The number of halogens is 3. The molecule has 2 heterocycles. The van der Waals surface area contributed by atoms with Crippen LogP contribution in [0.2, 0.25) is 0 Å². The van der Waals surface area contributed by atoms with Crippen molar-refractivity contribution >= 4 is 34.5 Å². The molecule has 5 nitrogen and oxygen atoms in total. The quantitative estimate of drug-likeness (QED) is 0.806. The molecule has 2 aromatic rings. The van der Waals surface area contributed by atoms with E-state index in [4.69, 9.17) is 0 Å². The number of carbonyl (C=O) groups excluding carboxylic acids is 2. The summed E-state index contributed by atoms with van der Waals surface area (Å²) in [5.41, 5.74) is 0.353. The zero-order valence-corrected chi connectivity index (χ0v) is 13.7. The molecule has 0 unspecified atom stereocenters. The third-order valence-corrected chi connectivity index (χ3v) is 4.91. The second-order valence-corrected chi connectivity index (χ2v) is 6.64. The highest BCUT2D eigenvalue weighted by atomic mass is 32.1. The first kappa shape index (κ1) is 17.3. The molecule has 1 aromatic carbocycles. The van der Waals surface area contributed by atoms with Crippen molar-refractivity contribution in [3.05, 3.63) is 46.3 Å². The first-order valence-corrected chi connectivity index (χ1v) is 8.23. The number of hydrogen-bond acceptors (Lipinski definition) is 3. The largest absolute Gasteiger partial charge is 0.416 e. The van der Waals surface area contributed by atoms with Gasteiger partial charge in [-0.25, -0.2) is 4.79 Å². The summed E-state index contributed by atoms with van der Waals surface area (Å²) in [4.78, 5) is 25.3. The number of rotatable bonds is 3. The Morgan fingerprint density at radius 2 is 2.08 bits per heavy atom. The summed E-state index contributed by atoms with van der Waals surface area (Å²) < 4.78 is 38.2. The molecule has 1 aromatic heterocycles. The summed E-state index contributed by atoms with van der Waals surface area (Å²) in [7, 11) is 0. The highest BCUT2D eigenvalue weighted by Gasteiger charge is 2.30. The second kappa shape index (κ2) is 6.75. The summed E-state index contributed by atoms with van der Waals surface area (Å²) in [5.74, 6) is 0. The summed E-state index contributed by atoms with van der Waals surface area (Å²) >= 11 is 1.38. The number of anilines is 2. The van der Waals surface area contributed by atoms with Gasteiger partial charge >= 0.3 is 12.2 Å². The van der Waals surface area contributed by atoms with Crippen LogP contribution in [-0.4, -0.2) is 23.9 Å². The zero-order chi connectivity index (χ0) is 18.0. The average Bonchev–Trinajstić information content (AvgIpc) is 2.96. The molecule has 0 atom stereocenters. The van der Waals surface area contributed by atoms with E-state index in [9.17, 15) is 22.8 Å². The molecule has 25 heavy (non-hydrogen) atoms. The highest BCUT2D eigenvalue weighted by molar-refractivity contribution is 7.16. The van der Waals surface area contributed by atoms with E-state index < -0.39 is 17.8 Å². The van der Waals surface area contributed by atoms with Crippen LogP contribution in [0.5, 0.6) is 0 Å². The number of hydrogen-bond donors (Lipinski definition) is 2. The van der Waals surface area contributed by atoms with Crippen molar-refractivity contribution in [3.63, 3.8) is 0 Å². The van der Waals surface area contributed by atoms with Gasteiger partial charge in [0.05, 0.1) is 17.1 Å². The Balaban J connectivity index is 1.69. The van der Waals surface area contributed by atoms with Crippen LogP contribution in [-0.2, 0) is 23.9 Å². The van der Waals surface area contributed by atoms with Gasteiger partial charge in [-0.3, -0.25) is 4.79 Å². The molecular formula is C16H14F3N3O2S. The van der Waals surface area contributed by atoms with E-state index in [1.807, 2.05) is 6.07 Å². The number of alkyl halides is 3. The number of nitrogens with one attached hydrogen (secondary N) is 2. The van der Waals surface area contributed by atoms with Crippen molar-refractivity contribution < 1.29 is 22.8 Å². The molecule has 132 valence electrons. The molecule has 3 rings (SSSR count). The lowest BCUT2D eigenvalue weighted by atomic mass is 10.1. The Morgan fingerprint density at radius 1 is 1.28 bits per heavy atom. The maximum Gasteiger partial charge on any atom is 0.416 e. The van der Waals surface area contributed by atoms with Gasteiger partial charge in [0.2, 0.25) is 6.41 Å². The molecule has 0 bridgehead atoms. The summed E-state index contributed by atoms with van der Waals surface area (Å²) in [6.07, 6.45) is -3.24. The molecule has 1 aliphatic rings. The smallest absolute Gasteiger partial charge is 0.320 e. The van der Waals surface area contributed by atoms with Crippen LogP contribution < -0.4 is 10.6 Å². The maximum absolute atomic E-state index is 12.7. The normalized spacial score (nSPS) is 14.0. The molecule has 0 radical (unpaired) electrons. The van der Waals surface area contributed by atoms with Crippen molar-refractivity contribution in [2.75, 3.05) is 17.2 Å². The lowest BCUT2D eigenvalue weighted by Crippen LogP contribution is -2.38. The van der Waals surface area contributed by atoms with Crippen LogP contribution >= 0.6 is 11.3 Å². The fraction of sp³-hybridized carbons (Fsp3) is 0.250. The van der Waals surface area contributed by atoms with Gasteiger partial charge in [0.15, 0.2) is 0 Å². The minimum atomic E-state index is -4.46. The summed E-state index contributed by atoms with van der Waals surface area (Å²) in [6, 6.07) is 5.95. The van der Waals surface area contributed by atoms with Gasteiger partial charge in [0.25, 0.3) is 0 Å². The minimum absolute atomic E-state index is 0.0973. The van der Waals surface area contributed by atoms with Gasteiger partial charge in [0.1, 0.15) is 0 Å². The van der Waals surface area contributed by atoms with Gasteiger partial charge in [-0.05, 0) is 36.2 Å². The molecule has 2 N–H and O–H groups in total. The Bertz CT molecular complexity index is 804. The molecule has 0 fully saturated rings. The Hall–Kier alpha value is -2.55. The predicted molar refractivity (Wildman–Crippen MR) is 88.6 cm³/mol. The number of amides is 3. The van der Waals surface area contributed by atoms with E-state index in [2.05, 4.69) is 10.6 Å². The first-order valence-electron chi connectivity index (χ1n) is 7.42. The van der Waals surface area contributed by atoms with Crippen LogP contribution in [0.15, 0.2) is 30.3 Å². The molecule has 9 heteroatoms. The van der Waals surface area contributed by atoms with Gasteiger partial charge in [-0.2, -0.15) is 13.2 Å². The lowest BCUT2D eigenvalue weighted by Gasteiger charge is -2.27. The number of thiophene rings is 1. The lowest BCUT2D eigenvalue weighted by molar-refractivity contribution is -0.137. The number of nitrogens with zero attached hydrogens (tertiary/aromatic N) is 1. The monoisotopic (exact) mass is 369 g/mol. The Labute approximate surface area is 145 Å². The number of urea groups is 1. The van der Waals surface area contributed by atoms with Crippen molar-refractivity contribution in [2.45, 2.75) is 19.1 Å². The van der Waals surface area contributed by atoms with E-state index in [0.29, 0.717) is 30.9 Å². The SMILES string of the molecule is O=CNc1cc2c(s1)CN(C(=O)Nc1cccc(C(F)(F)F)c1)CC2. The Morgan fingerprint density at radius 3 is 2.80 bits per heavy atom. The summed E-state index contributed by atoms with van der Waals surface area (Å²) in [5, 5.41) is 5.80. The van der Waals surface area contributed by atoms with Gasteiger partial charge in [0, 0.05) is 17.1 Å². The maximum atomic E-state index is 12.7. The van der Waals surface area contributed by atoms with E-state index in [1.54, 1.807) is 0 Å². The standard InChI is InChI=1S/C16H14F3N3O2S/c17-16(18,19)11-2-1-3-12(7-11)21-15(24)22-5-4-10-6-14(20-9-23)25-13(10)8-22/h1-3,6-7,9H,4-5,8H2,(H,20,23)(H,21,24). The van der Waals surface area contributed by atoms with Gasteiger partial charge in [-0.1, -0.05) is 6.07 Å². The average molecular weight is 369 g/mol. The number of carbonyl (C=O) groups is 2. The third-order valence-electron chi connectivity index (χ3n) is 3.81. The van der Waals surface area contributed by atoms with E-state index in [1.165, 1.54) is 28.4 Å². The van der Waals surface area contributed by atoms with E-state index >= 15 is 0 Å². The fourth-order valence-electron chi connectivity index (χ4n) is 2.60. The van der Waals surface area contributed by atoms with Gasteiger partial charge in [-0.15, -0.1) is 11.3 Å². The Kier molecular flexibility index (Phi) is 4.67. The second-order valence-electron chi connectivity index (χ2n) is 5.50. The van der Waals surface area contributed by atoms with E-state index in [-0.39, 0.29) is 5.69 Å². The topological polar surface area (TPSA) is 61.4 Å². The predicted octanol–water partition coefficient (Wildman–Crippen LogP) is 3.93. The number of benzene rings is 1. The van der Waals surface area contributed by atoms with Crippen molar-refractivity contribution in [1.82, 2.24) is 4.90 Å². The first-order chi connectivity index (χ1) is 11.9. The van der Waals surface area contributed by atoms with Crippen LogP contribution in [0.4, 0.5) is 28.7 Å². The van der Waals surface area contributed by atoms with Crippen molar-refractivity contribution in [3.8, 4) is 0 Å². The van der Waals surface area contributed by atoms with Crippen LogP contribution in [0.1, 0.15) is 16.0 Å². The zero-order valence-electron chi connectivity index (χ0n) is 12.9. The third kappa shape index (κ3) is 3.93. The van der Waals surface area contributed by atoms with Gasteiger partial charge < -0.3 is 15.5 Å². The molecular weight excluding hydrogens is 355 g/mol. The van der Waals surface area contributed by atoms with E-state index in [0.717, 1.165) is 22.6 Å². The minimum Gasteiger partial charge on any atom is -0.320 e. The highest BCUT2D eigenvalue weighted by Crippen LogP contribution is 2.32. The molecule has 0 aliphatic carbocycles. The molecule has 0 spiro atoms.